The highest BCUT2D eigenvalue weighted by atomic mass is 79.9. The summed E-state index contributed by atoms with van der Waals surface area (Å²) in [5.74, 6) is 0.949. The summed E-state index contributed by atoms with van der Waals surface area (Å²) < 4.78 is 2.08. The zero-order valence-corrected chi connectivity index (χ0v) is 14.0. The third kappa shape index (κ3) is 2.35. The Morgan fingerprint density at radius 3 is 2.91 bits per heavy atom. The molecule has 3 aromatic rings. The van der Waals surface area contributed by atoms with Crippen LogP contribution in [0, 0.1) is 0 Å². The lowest BCUT2D eigenvalue weighted by Gasteiger charge is -2.16. The summed E-state index contributed by atoms with van der Waals surface area (Å²) in [6, 6.07) is 4.79. The number of nitrogens with one attached hydrogen (secondary N) is 1. The molecule has 2 heterocycles. The Morgan fingerprint density at radius 2 is 2.27 bits per heavy atom. The number of nitrogens with zero attached hydrogens (tertiary/aromatic N) is 3. The molecule has 0 saturated carbocycles. The zero-order valence-electron chi connectivity index (χ0n) is 11.7. The van der Waals surface area contributed by atoms with E-state index in [1.54, 1.807) is 24.4 Å². The van der Waals surface area contributed by atoms with Gasteiger partial charge in [0.2, 0.25) is 0 Å². The third-order valence-electron chi connectivity index (χ3n) is 3.44. The SMILES string of the molecule is CC[C@H](N)c1nc2cccc(Cl)c2c(=O)n1-c1[nH]ncc1Br. The minimum atomic E-state index is -0.383. The fourth-order valence-electron chi connectivity index (χ4n) is 2.28. The number of hydrogen-bond acceptors (Lipinski definition) is 4. The van der Waals surface area contributed by atoms with Gasteiger partial charge in [0.15, 0.2) is 5.82 Å². The molecule has 0 aliphatic rings. The first-order valence-corrected chi connectivity index (χ1v) is 7.87. The van der Waals surface area contributed by atoms with Crippen molar-refractivity contribution in [2.75, 3.05) is 0 Å². The number of rotatable bonds is 3. The summed E-state index contributed by atoms with van der Waals surface area (Å²) in [7, 11) is 0. The van der Waals surface area contributed by atoms with Crippen molar-refractivity contribution in [3.63, 3.8) is 0 Å². The summed E-state index contributed by atoms with van der Waals surface area (Å²) in [6.07, 6.45) is 2.21. The Morgan fingerprint density at radius 1 is 1.50 bits per heavy atom. The number of nitrogens with two attached hydrogens (primary N) is 1. The van der Waals surface area contributed by atoms with Gasteiger partial charge < -0.3 is 5.73 Å². The van der Waals surface area contributed by atoms with Crippen molar-refractivity contribution in [3.8, 4) is 5.82 Å². The van der Waals surface area contributed by atoms with Crippen LogP contribution in [0.4, 0.5) is 0 Å². The molecule has 0 aliphatic carbocycles. The maximum Gasteiger partial charge on any atom is 0.268 e. The highest BCUT2D eigenvalue weighted by molar-refractivity contribution is 9.10. The highest BCUT2D eigenvalue weighted by Crippen LogP contribution is 2.24. The van der Waals surface area contributed by atoms with Crippen molar-refractivity contribution in [2.24, 2.45) is 5.73 Å². The Kier molecular flexibility index (Phi) is 4.03. The van der Waals surface area contributed by atoms with E-state index >= 15 is 0 Å². The van der Waals surface area contributed by atoms with E-state index in [-0.39, 0.29) is 11.6 Å². The van der Waals surface area contributed by atoms with Crippen molar-refractivity contribution >= 4 is 38.4 Å². The summed E-state index contributed by atoms with van der Waals surface area (Å²) >= 11 is 9.55. The van der Waals surface area contributed by atoms with E-state index in [0.717, 1.165) is 0 Å². The molecule has 0 spiro atoms. The summed E-state index contributed by atoms with van der Waals surface area (Å²) in [5.41, 5.74) is 6.40. The number of halogens is 2. The number of aromatic amines is 1. The molecule has 2 aromatic heterocycles. The van der Waals surface area contributed by atoms with Crippen LogP contribution in [0.5, 0.6) is 0 Å². The smallest absolute Gasteiger partial charge is 0.268 e. The minimum absolute atomic E-state index is 0.278. The Bertz CT molecular complexity index is 904. The van der Waals surface area contributed by atoms with Crippen LogP contribution in [0.3, 0.4) is 0 Å². The van der Waals surface area contributed by atoms with E-state index in [4.69, 9.17) is 17.3 Å². The van der Waals surface area contributed by atoms with E-state index in [9.17, 15) is 4.79 Å². The van der Waals surface area contributed by atoms with Gasteiger partial charge in [0, 0.05) is 0 Å². The number of benzene rings is 1. The predicted molar refractivity (Wildman–Crippen MR) is 89.4 cm³/mol. The van der Waals surface area contributed by atoms with E-state index in [1.807, 2.05) is 6.92 Å². The van der Waals surface area contributed by atoms with E-state index in [0.29, 0.717) is 38.5 Å². The second-order valence-corrected chi connectivity index (χ2v) is 6.09. The number of H-pyrrole nitrogens is 1. The van der Waals surface area contributed by atoms with Crippen LogP contribution < -0.4 is 11.3 Å². The van der Waals surface area contributed by atoms with Crippen molar-refractivity contribution in [3.05, 3.63) is 50.1 Å². The molecule has 0 radical (unpaired) electrons. The fourth-order valence-corrected chi connectivity index (χ4v) is 2.89. The van der Waals surface area contributed by atoms with Crippen LogP contribution in [0.25, 0.3) is 16.7 Å². The predicted octanol–water partition coefficient (Wildman–Crippen LogP) is 2.93. The molecule has 3 rings (SSSR count). The van der Waals surface area contributed by atoms with Gasteiger partial charge in [-0.3, -0.25) is 9.89 Å². The quantitative estimate of drug-likeness (QED) is 0.729. The van der Waals surface area contributed by atoms with Gasteiger partial charge >= 0.3 is 0 Å². The van der Waals surface area contributed by atoms with Crippen molar-refractivity contribution in [1.82, 2.24) is 19.7 Å². The Hall–Kier alpha value is -1.70. The summed E-state index contributed by atoms with van der Waals surface area (Å²) in [4.78, 5) is 17.5. The second kappa shape index (κ2) is 5.83. The van der Waals surface area contributed by atoms with Crippen LogP contribution in [0.15, 0.2) is 33.7 Å². The van der Waals surface area contributed by atoms with Crippen LogP contribution in [-0.2, 0) is 0 Å². The normalized spacial score (nSPS) is 12.7. The largest absolute Gasteiger partial charge is 0.321 e. The van der Waals surface area contributed by atoms with Gasteiger partial charge in [-0.1, -0.05) is 24.6 Å². The van der Waals surface area contributed by atoms with Gasteiger partial charge in [-0.25, -0.2) is 9.55 Å². The molecule has 0 bridgehead atoms. The van der Waals surface area contributed by atoms with Gasteiger partial charge in [-0.2, -0.15) is 5.10 Å². The lowest BCUT2D eigenvalue weighted by Crippen LogP contribution is -2.29. The van der Waals surface area contributed by atoms with Crippen LogP contribution in [0.1, 0.15) is 25.2 Å². The Balaban J connectivity index is 2.47. The molecule has 0 saturated heterocycles. The van der Waals surface area contributed by atoms with Crippen molar-refractivity contribution in [2.45, 2.75) is 19.4 Å². The zero-order chi connectivity index (χ0) is 15.9. The van der Waals surface area contributed by atoms with Gasteiger partial charge in [0.1, 0.15) is 5.82 Å². The van der Waals surface area contributed by atoms with Gasteiger partial charge in [0.25, 0.3) is 5.56 Å². The van der Waals surface area contributed by atoms with Crippen LogP contribution in [0.2, 0.25) is 5.02 Å². The lowest BCUT2D eigenvalue weighted by atomic mass is 10.2. The maximum atomic E-state index is 13.0. The molecular weight excluding hydrogens is 370 g/mol. The second-order valence-electron chi connectivity index (χ2n) is 4.83. The highest BCUT2D eigenvalue weighted by Gasteiger charge is 2.20. The third-order valence-corrected chi connectivity index (χ3v) is 4.34. The van der Waals surface area contributed by atoms with Crippen LogP contribution >= 0.6 is 27.5 Å². The molecular formula is C14H13BrClN5O. The van der Waals surface area contributed by atoms with Gasteiger partial charge in [0.05, 0.1) is 32.6 Å². The molecule has 8 heteroatoms. The average molecular weight is 383 g/mol. The fraction of sp³-hybridized carbons (Fsp3) is 0.214. The molecule has 1 atom stereocenters. The molecule has 0 fully saturated rings. The maximum absolute atomic E-state index is 13.0. The minimum Gasteiger partial charge on any atom is -0.321 e. The average Bonchev–Trinajstić information content (AvgIpc) is 2.92. The molecule has 0 amide bonds. The molecule has 0 aliphatic heterocycles. The van der Waals surface area contributed by atoms with Crippen LogP contribution in [-0.4, -0.2) is 19.7 Å². The Labute approximate surface area is 139 Å². The first kappa shape index (κ1) is 15.2. The van der Waals surface area contributed by atoms with Crippen molar-refractivity contribution in [1.29, 1.82) is 0 Å². The molecule has 3 N–H and O–H groups in total. The van der Waals surface area contributed by atoms with Gasteiger partial charge in [-0.05, 0) is 34.5 Å². The number of hydrogen-bond donors (Lipinski definition) is 2. The van der Waals surface area contributed by atoms with E-state index in [1.165, 1.54) is 4.57 Å². The number of aromatic nitrogens is 4. The topological polar surface area (TPSA) is 89.6 Å². The van der Waals surface area contributed by atoms with Gasteiger partial charge in [-0.15, -0.1) is 0 Å². The molecule has 6 nitrogen and oxygen atoms in total. The summed E-state index contributed by atoms with van der Waals surface area (Å²) in [6.45, 7) is 1.94. The molecule has 1 aromatic carbocycles. The van der Waals surface area contributed by atoms with E-state index in [2.05, 4.69) is 31.1 Å². The molecule has 0 unspecified atom stereocenters. The first-order valence-electron chi connectivity index (χ1n) is 6.70. The lowest BCUT2D eigenvalue weighted by molar-refractivity contribution is 0.618. The van der Waals surface area contributed by atoms with E-state index < -0.39 is 0 Å². The number of fused-ring (bicyclic) bond motifs is 1. The van der Waals surface area contributed by atoms with Crippen molar-refractivity contribution < 1.29 is 0 Å². The molecule has 114 valence electrons. The summed E-state index contributed by atoms with van der Waals surface area (Å²) in [5, 5.41) is 7.44. The monoisotopic (exact) mass is 381 g/mol. The molecule has 22 heavy (non-hydrogen) atoms. The standard InChI is InChI=1S/C14H13BrClN5O/c1-2-9(17)13-19-10-5-3-4-8(16)11(10)14(22)21(13)12-7(15)6-18-20-12/h3-6,9H,2,17H2,1H3,(H,18,20)/t9-/m0/s1. The first-order chi connectivity index (χ1) is 10.5.